The number of carbonyl (C=O) groups is 1. The van der Waals surface area contributed by atoms with Crippen LogP contribution in [0.4, 0.5) is 0 Å². The lowest BCUT2D eigenvalue weighted by Gasteiger charge is -2.22. The number of thioether (sulfide) groups is 1. The highest BCUT2D eigenvalue weighted by Crippen LogP contribution is 2.10. The number of ether oxygens (including phenoxy) is 1. The highest BCUT2D eigenvalue weighted by molar-refractivity contribution is 7.99. The molecule has 1 atom stereocenters. The summed E-state index contributed by atoms with van der Waals surface area (Å²) in [7, 11) is 1.69. The summed E-state index contributed by atoms with van der Waals surface area (Å²) in [6.07, 6.45) is 0.564. The molecule has 0 bridgehead atoms. The van der Waals surface area contributed by atoms with Gasteiger partial charge in [-0.15, -0.1) is 12.4 Å². The first-order chi connectivity index (χ1) is 9.78. The Morgan fingerprint density at radius 3 is 2.71 bits per heavy atom. The first-order valence-electron chi connectivity index (χ1n) is 6.92. The van der Waals surface area contributed by atoms with Crippen molar-refractivity contribution in [3.63, 3.8) is 0 Å². The Hall–Kier alpha value is -0.750. The van der Waals surface area contributed by atoms with Crippen molar-refractivity contribution in [2.75, 3.05) is 25.2 Å². The second-order valence-electron chi connectivity index (χ2n) is 4.96. The zero-order valence-corrected chi connectivity index (χ0v) is 13.9. The minimum atomic E-state index is 0. The summed E-state index contributed by atoms with van der Waals surface area (Å²) in [5.41, 5.74) is 2.26. The Balaban J connectivity index is 0.00000220. The minimum absolute atomic E-state index is 0. The number of hydrogen-bond donors (Lipinski definition) is 2. The topological polar surface area (TPSA) is 50.4 Å². The van der Waals surface area contributed by atoms with E-state index in [1.54, 1.807) is 7.11 Å². The van der Waals surface area contributed by atoms with E-state index in [-0.39, 0.29) is 18.3 Å². The van der Waals surface area contributed by atoms with Crippen LogP contribution in [0.15, 0.2) is 24.3 Å². The van der Waals surface area contributed by atoms with Crippen molar-refractivity contribution in [2.45, 2.75) is 25.6 Å². The molecule has 0 spiro atoms. The van der Waals surface area contributed by atoms with E-state index in [9.17, 15) is 4.79 Å². The number of methoxy groups -OCH3 is 1. The molecule has 0 saturated carbocycles. The van der Waals surface area contributed by atoms with Gasteiger partial charge in [0.1, 0.15) is 0 Å². The molecule has 1 heterocycles. The van der Waals surface area contributed by atoms with Crippen LogP contribution in [-0.2, 0) is 22.7 Å². The fraction of sp³-hybridized carbons (Fsp3) is 0.533. The molecule has 2 rings (SSSR count). The Kier molecular flexibility index (Phi) is 8.76. The smallest absolute Gasteiger partial charge is 0.221 e. The van der Waals surface area contributed by atoms with E-state index in [4.69, 9.17) is 4.74 Å². The standard InChI is InChI=1S/C15H22N2O2S.ClH/c1-19-10-13-4-2-12(3-5-13)9-17-15(18)8-14-11-20-7-6-16-14;/h2-5,14,16H,6-11H2,1H3,(H,17,18);1H. The second-order valence-corrected chi connectivity index (χ2v) is 6.11. The van der Waals surface area contributed by atoms with Gasteiger partial charge in [0, 0.05) is 44.2 Å². The van der Waals surface area contributed by atoms with Crippen molar-refractivity contribution in [2.24, 2.45) is 0 Å². The molecule has 0 radical (unpaired) electrons. The third kappa shape index (κ3) is 6.70. The third-order valence-electron chi connectivity index (χ3n) is 3.25. The number of nitrogens with one attached hydrogen (secondary N) is 2. The quantitative estimate of drug-likeness (QED) is 0.837. The van der Waals surface area contributed by atoms with Crippen molar-refractivity contribution in [3.8, 4) is 0 Å². The fourth-order valence-electron chi connectivity index (χ4n) is 2.17. The molecular formula is C15H23ClN2O2S. The Morgan fingerprint density at radius 1 is 1.38 bits per heavy atom. The van der Waals surface area contributed by atoms with Crippen LogP contribution in [0, 0.1) is 0 Å². The average molecular weight is 331 g/mol. The summed E-state index contributed by atoms with van der Waals surface area (Å²) in [5.74, 6) is 2.29. The molecule has 21 heavy (non-hydrogen) atoms. The van der Waals surface area contributed by atoms with Crippen LogP contribution in [0.1, 0.15) is 17.5 Å². The number of benzene rings is 1. The Labute approximate surface area is 136 Å². The largest absolute Gasteiger partial charge is 0.380 e. The molecule has 1 unspecified atom stereocenters. The van der Waals surface area contributed by atoms with E-state index in [0.717, 1.165) is 29.2 Å². The molecule has 1 aliphatic rings. The molecule has 1 aliphatic heterocycles. The van der Waals surface area contributed by atoms with Crippen molar-refractivity contribution >= 4 is 30.1 Å². The lowest BCUT2D eigenvalue weighted by Crippen LogP contribution is -2.41. The molecule has 1 amide bonds. The van der Waals surface area contributed by atoms with Gasteiger partial charge in [0.15, 0.2) is 0 Å². The molecule has 0 aromatic heterocycles. The highest BCUT2D eigenvalue weighted by Gasteiger charge is 2.16. The summed E-state index contributed by atoms with van der Waals surface area (Å²) in [5, 5.41) is 6.35. The molecule has 0 aliphatic carbocycles. The molecular weight excluding hydrogens is 308 g/mol. The summed E-state index contributed by atoms with van der Waals surface area (Å²) in [6.45, 7) is 2.22. The van der Waals surface area contributed by atoms with E-state index >= 15 is 0 Å². The SMILES string of the molecule is COCc1ccc(CNC(=O)CC2CSCCN2)cc1.Cl. The van der Waals surface area contributed by atoms with Crippen LogP contribution in [-0.4, -0.2) is 37.1 Å². The molecule has 1 aromatic rings. The molecule has 6 heteroatoms. The molecule has 118 valence electrons. The number of amides is 1. The number of rotatable bonds is 6. The number of hydrogen-bond acceptors (Lipinski definition) is 4. The molecule has 2 N–H and O–H groups in total. The average Bonchev–Trinajstić information content (AvgIpc) is 2.48. The van der Waals surface area contributed by atoms with Gasteiger partial charge in [-0.2, -0.15) is 11.8 Å². The lowest BCUT2D eigenvalue weighted by molar-refractivity contribution is -0.121. The minimum Gasteiger partial charge on any atom is -0.380 e. The van der Waals surface area contributed by atoms with Crippen molar-refractivity contribution in [3.05, 3.63) is 35.4 Å². The molecule has 1 saturated heterocycles. The number of halogens is 1. The Morgan fingerprint density at radius 2 is 2.10 bits per heavy atom. The maximum Gasteiger partial charge on any atom is 0.221 e. The highest BCUT2D eigenvalue weighted by atomic mass is 35.5. The van der Waals surface area contributed by atoms with Crippen LogP contribution >= 0.6 is 24.2 Å². The van der Waals surface area contributed by atoms with Gasteiger partial charge in [-0.3, -0.25) is 4.79 Å². The first-order valence-corrected chi connectivity index (χ1v) is 8.08. The van der Waals surface area contributed by atoms with Gasteiger partial charge >= 0.3 is 0 Å². The van der Waals surface area contributed by atoms with E-state index in [2.05, 4.69) is 10.6 Å². The zero-order valence-electron chi connectivity index (χ0n) is 12.3. The summed E-state index contributed by atoms with van der Waals surface area (Å²) in [6, 6.07) is 8.44. The maximum absolute atomic E-state index is 11.9. The Bertz CT molecular complexity index is 422. The van der Waals surface area contributed by atoms with Crippen molar-refractivity contribution < 1.29 is 9.53 Å². The predicted octanol–water partition coefficient (Wildman–Crippen LogP) is 1.97. The van der Waals surface area contributed by atoms with E-state index < -0.39 is 0 Å². The summed E-state index contributed by atoms with van der Waals surface area (Å²) < 4.78 is 5.07. The predicted molar refractivity (Wildman–Crippen MR) is 90.0 cm³/mol. The van der Waals surface area contributed by atoms with Crippen molar-refractivity contribution in [1.29, 1.82) is 0 Å². The van der Waals surface area contributed by atoms with Crippen LogP contribution in [0.5, 0.6) is 0 Å². The van der Waals surface area contributed by atoms with Crippen molar-refractivity contribution in [1.82, 2.24) is 10.6 Å². The van der Waals surface area contributed by atoms with Gasteiger partial charge < -0.3 is 15.4 Å². The van der Waals surface area contributed by atoms with Gasteiger partial charge in [0.2, 0.25) is 5.91 Å². The summed E-state index contributed by atoms with van der Waals surface area (Å²) in [4.78, 5) is 11.9. The third-order valence-corrected chi connectivity index (χ3v) is 4.38. The molecule has 1 aromatic carbocycles. The lowest BCUT2D eigenvalue weighted by atomic mass is 10.1. The van der Waals surface area contributed by atoms with E-state index in [1.807, 2.05) is 36.0 Å². The molecule has 1 fully saturated rings. The molecule has 4 nitrogen and oxygen atoms in total. The van der Waals surface area contributed by atoms with E-state index in [1.165, 1.54) is 0 Å². The second kappa shape index (κ2) is 10.1. The van der Waals surface area contributed by atoms with Gasteiger partial charge in [0.25, 0.3) is 0 Å². The maximum atomic E-state index is 11.9. The van der Waals surface area contributed by atoms with Gasteiger partial charge in [-0.05, 0) is 11.1 Å². The monoisotopic (exact) mass is 330 g/mol. The first kappa shape index (κ1) is 18.3. The van der Waals surface area contributed by atoms with E-state index in [0.29, 0.717) is 25.6 Å². The number of carbonyl (C=O) groups excluding carboxylic acids is 1. The van der Waals surface area contributed by atoms with Gasteiger partial charge in [-0.1, -0.05) is 24.3 Å². The zero-order chi connectivity index (χ0) is 14.2. The van der Waals surface area contributed by atoms with Crippen LogP contribution < -0.4 is 10.6 Å². The van der Waals surface area contributed by atoms with Crippen LogP contribution in [0.25, 0.3) is 0 Å². The van der Waals surface area contributed by atoms with Gasteiger partial charge in [-0.25, -0.2) is 0 Å². The van der Waals surface area contributed by atoms with Gasteiger partial charge in [0.05, 0.1) is 6.61 Å². The normalized spacial score (nSPS) is 17.9. The van der Waals surface area contributed by atoms with Crippen LogP contribution in [0.3, 0.4) is 0 Å². The van der Waals surface area contributed by atoms with Crippen LogP contribution in [0.2, 0.25) is 0 Å². The summed E-state index contributed by atoms with van der Waals surface area (Å²) >= 11 is 1.91. The fourth-order valence-corrected chi connectivity index (χ4v) is 3.12.